The number of nitrogens with one attached hydrogen (secondary N) is 8. The maximum atomic E-state index is 14.3. The van der Waals surface area contributed by atoms with Gasteiger partial charge in [0.05, 0.1) is 37.3 Å². The number of unbranched alkanes of at least 4 members (excludes halogenated alkanes) is 3. The molecule has 37 nitrogen and oxygen atoms in total. The maximum absolute atomic E-state index is 14.3. The zero-order valence-electron chi connectivity index (χ0n) is 63.6. The van der Waals surface area contributed by atoms with Gasteiger partial charge in [-0.15, -0.1) is 0 Å². The minimum absolute atomic E-state index is 0.00247. The van der Waals surface area contributed by atoms with E-state index < -0.39 is 210 Å². The number of cyclic esters (lactones) is 2. The number of urea groups is 1. The molecule has 0 radical (unpaired) electrons. The fourth-order valence-corrected chi connectivity index (χ4v) is 15.9. The average molecular weight is 1650 g/mol. The number of carboxylic acids is 5. The number of rotatable bonds is 41. The van der Waals surface area contributed by atoms with Gasteiger partial charge in [-0.05, 0) is 63.0 Å². The molecule has 3 heterocycles. The number of carboxylic acid groups (broad SMARTS) is 5. The number of benzene rings is 2. The summed E-state index contributed by atoms with van der Waals surface area (Å²) < 4.78 is 41.4. The number of allylic oxidation sites excluding steroid dienone is 3. The quantitative estimate of drug-likeness (QED) is 0.0113. The van der Waals surface area contributed by atoms with E-state index in [1.165, 1.54) is 18.2 Å². The van der Waals surface area contributed by atoms with Crippen molar-refractivity contribution in [3.8, 4) is 0 Å². The van der Waals surface area contributed by atoms with Gasteiger partial charge >= 0.3 is 59.9 Å². The molecule has 39 heteroatoms. The minimum atomic E-state index is -1.90. The zero-order chi connectivity index (χ0) is 84.0. The molecule has 628 valence electrons. The van der Waals surface area contributed by atoms with E-state index in [2.05, 4.69) is 37.2 Å². The van der Waals surface area contributed by atoms with Crippen molar-refractivity contribution in [3.63, 3.8) is 0 Å². The summed E-state index contributed by atoms with van der Waals surface area (Å²) >= 11 is 0. The van der Waals surface area contributed by atoms with Crippen molar-refractivity contribution in [3.05, 3.63) is 108 Å². The van der Waals surface area contributed by atoms with Crippen LogP contribution in [0.25, 0.3) is 0 Å². The van der Waals surface area contributed by atoms with Crippen LogP contribution in [0.1, 0.15) is 122 Å². The predicted molar refractivity (Wildman–Crippen MR) is 406 cm³/mol. The van der Waals surface area contributed by atoms with Crippen molar-refractivity contribution in [1.29, 1.82) is 0 Å². The van der Waals surface area contributed by atoms with Gasteiger partial charge in [-0.1, -0.05) is 133 Å². The summed E-state index contributed by atoms with van der Waals surface area (Å²) in [5.74, 6) is -16.1. The lowest BCUT2D eigenvalue weighted by Gasteiger charge is -2.58. The summed E-state index contributed by atoms with van der Waals surface area (Å²) in [7, 11) is 1.90. The second kappa shape index (κ2) is 44.3. The van der Waals surface area contributed by atoms with Crippen LogP contribution in [-0.4, -0.2) is 244 Å². The highest BCUT2D eigenvalue weighted by Crippen LogP contribution is 2.72. The maximum Gasteiger partial charge on any atom is 0.509 e. The molecule has 3 fully saturated rings. The molecule has 8 amide bonds. The summed E-state index contributed by atoms with van der Waals surface area (Å²) in [5, 5.41) is 66.7. The van der Waals surface area contributed by atoms with Gasteiger partial charge in [0.1, 0.15) is 67.2 Å². The number of ether oxygens (including phenoxy) is 7. The molecule has 0 unspecified atom stereocenters. The first-order valence-corrected chi connectivity index (χ1v) is 39.9. The number of carbonyl (C=O) groups excluding carboxylic acids is 11. The Labute approximate surface area is 668 Å². The number of aliphatic carboxylic acids is 5. The molecule has 3 aliphatic heterocycles. The first-order valence-electron chi connectivity index (χ1n) is 37.4. The molecule has 2 aromatic rings. The van der Waals surface area contributed by atoms with E-state index in [4.69, 9.17) is 44.0 Å². The third kappa shape index (κ3) is 27.3. The van der Waals surface area contributed by atoms with Crippen molar-refractivity contribution < 1.29 is 135 Å². The Morgan fingerprint density at radius 2 is 1.22 bits per heavy atom. The van der Waals surface area contributed by atoms with Crippen molar-refractivity contribution in [1.82, 2.24) is 42.5 Å². The first-order chi connectivity index (χ1) is 54.7. The molecular formula is C76H99N9O28S2. The van der Waals surface area contributed by atoms with Crippen LogP contribution in [0.5, 0.6) is 0 Å². The van der Waals surface area contributed by atoms with E-state index in [0.29, 0.717) is 62.7 Å². The summed E-state index contributed by atoms with van der Waals surface area (Å²) in [5.41, 5.74) is 5.72. The van der Waals surface area contributed by atoms with Crippen LogP contribution in [0, 0.1) is 16.7 Å². The lowest BCUT2D eigenvalue weighted by Crippen LogP contribution is -2.67. The molecular weight excluding hydrogens is 1550 g/mol. The number of nitrogens with two attached hydrogens (primary N) is 1. The molecule has 2 bridgehead atoms. The van der Waals surface area contributed by atoms with Gasteiger partial charge in [-0.2, -0.15) is 0 Å². The molecule has 7 rings (SSSR count). The highest BCUT2D eigenvalue weighted by Gasteiger charge is 2.83. The Balaban J connectivity index is 0.865. The Morgan fingerprint density at radius 1 is 0.626 bits per heavy atom. The molecule has 2 aliphatic carbocycles. The van der Waals surface area contributed by atoms with Gasteiger partial charge in [-0.3, -0.25) is 38.4 Å². The standard InChI is InChI=1S/C76H99N9O28S2/c1-43-27-29-75-41-109-71(104)63(44(2)28-31-107-61(92)21-13-14-22-62(93)112-54-38-56(111-55(75)34-43)76(42-110-76)74(54,75)3)113-73(106)108-32-33-114-115-40-53(70(102)103)83-67(97)52(37-60(90)91)81-64(94)47(77)39-79-65(95)50(35-45-16-8-6-9-17-45)82-66(96)51(36-46-18-10-7-11-19-46)80-58(87)20-12-4-5-15-30-78-57(86)25-23-48(68(98)99)84-72(105)85-49(69(100)101)24-26-59(88)89/h6-11,13-14,16-19,21-22,34,44,47-56,63H,4-5,12,15,20,23-33,35-42,77H2,1-3H3,(H,78,86)(H,79,95)(H,80,87)(H,81,94)(H,82,96)(H,83,97)(H,88,89)(H,90,91)(H,98,99)(H,100,101)(H,102,103)(H2,84,85,105)/b21-13+,22-14+/t44-,47+,48+,49-,50+,51+,52+,53+,54-,55-,56-,63+,74-,75-,76+/m1/s1. The number of amides is 8. The van der Waals surface area contributed by atoms with Crippen LogP contribution in [0.4, 0.5) is 9.59 Å². The Bertz CT molecular complexity index is 3920. The zero-order valence-corrected chi connectivity index (χ0v) is 65.2. The van der Waals surface area contributed by atoms with Crippen LogP contribution in [0.3, 0.4) is 0 Å². The minimum Gasteiger partial charge on any atom is -0.481 e. The second-order valence-electron chi connectivity index (χ2n) is 28.6. The van der Waals surface area contributed by atoms with E-state index in [1.54, 1.807) is 67.6 Å². The van der Waals surface area contributed by atoms with Crippen LogP contribution in [-0.2, 0) is 113 Å². The summed E-state index contributed by atoms with van der Waals surface area (Å²) in [4.78, 5) is 206. The number of hydrogen-bond donors (Lipinski definition) is 14. The third-order valence-corrected chi connectivity index (χ3v) is 22.9. The number of carbonyl (C=O) groups is 16. The monoisotopic (exact) mass is 1650 g/mol. The normalized spacial score (nSPS) is 24.0. The van der Waals surface area contributed by atoms with Gasteiger partial charge in [0.2, 0.25) is 41.5 Å². The SMILES string of the molecule is CC1=C[C@H]2O[C@@H]3C[C@H]4OC(=O)/C=C/C=C/C(=O)OCC[C@@H](C)[C@H](OC(=O)OCCSSC[C@H](NC(=O)[C@H](CC(=O)O)NC(=O)[C@@H](N)CNC(=O)[C@H](Cc5ccccc5)NC(=O)[C@H](Cc5ccccc5)NC(=O)CCCCCCNC(=O)CC[C@H](NC(=O)N[C@H](CCC(=O)O)C(=O)O)C(=O)O)C(=O)O)C(=O)OC[C@@]2(CC1)[C@]4(C)[C@]31CO1. The van der Waals surface area contributed by atoms with E-state index in [-0.39, 0.29) is 76.4 Å². The smallest absolute Gasteiger partial charge is 0.481 e. The fourth-order valence-electron chi connectivity index (χ4n) is 14.0. The second-order valence-corrected chi connectivity index (χ2v) is 31.2. The van der Waals surface area contributed by atoms with Crippen molar-refractivity contribution in [2.45, 2.75) is 196 Å². The van der Waals surface area contributed by atoms with E-state index in [1.807, 2.05) is 25.2 Å². The number of hydrogen-bond acceptors (Lipinski definition) is 26. The van der Waals surface area contributed by atoms with Crippen molar-refractivity contribution >= 4 is 117 Å². The molecule has 15 N–H and O–H groups in total. The fraction of sp³-hybridized carbons (Fsp3) is 0.553. The molecule has 0 aromatic heterocycles. The topological polar surface area (TPSA) is 564 Å². The highest BCUT2D eigenvalue weighted by molar-refractivity contribution is 8.76. The predicted octanol–water partition coefficient (Wildman–Crippen LogP) is 2.06. The van der Waals surface area contributed by atoms with Gasteiger partial charge in [0.25, 0.3) is 0 Å². The van der Waals surface area contributed by atoms with Crippen molar-refractivity contribution in [2.24, 2.45) is 22.5 Å². The average Bonchev–Trinajstić information content (AvgIpc) is 1.48. The molecule has 2 aromatic carbocycles. The van der Waals surface area contributed by atoms with Crippen LogP contribution in [0.2, 0.25) is 0 Å². The lowest BCUT2D eigenvalue weighted by molar-refractivity contribution is -0.234. The largest absolute Gasteiger partial charge is 0.509 e. The molecule has 15 atom stereocenters. The van der Waals surface area contributed by atoms with Gasteiger partial charge in [-0.25, -0.2) is 38.4 Å². The number of epoxide rings is 1. The van der Waals surface area contributed by atoms with Crippen molar-refractivity contribution in [2.75, 3.05) is 51.0 Å². The third-order valence-electron chi connectivity index (χ3n) is 20.5. The summed E-state index contributed by atoms with van der Waals surface area (Å²) in [6.07, 6.45) is 2.57. The Morgan fingerprint density at radius 3 is 1.83 bits per heavy atom. The molecule has 2 saturated heterocycles. The Hall–Kier alpha value is -10.6. The lowest BCUT2D eigenvalue weighted by atomic mass is 9.51. The number of esters is 3. The molecule has 2 spiro atoms. The van der Waals surface area contributed by atoms with Gasteiger partial charge in [0.15, 0.2) is 0 Å². The summed E-state index contributed by atoms with van der Waals surface area (Å²) in [6, 6.07) is 4.89. The van der Waals surface area contributed by atoms with Gasteiger partial charge < -0.3 is 107 Å². The molecule has 1 saturated carbocycles. The summed E-state index contributed by atoms with van der Waals surface area (Å²) in [6.45, 7) is 4.54. The van der Waals surface area contributed by atoms with Crippen LogP contribution in [0.15, 0.2) is 96.6 Å². The molecule has 5 aliphatic rings. The van der Waals surface area contributed by atoms with E-state index in [0.717, 1.165) is 33.2 Å². The Kier molecular flexibility index (Phi) is 35.3. The first kappa shape index (κ1) is 91.5. The molecule has 115 heavy (non-hydrogen) atoms. The van der Waals surface area contributed by atoms with E-state index >= 15 is 0 Å². The van der Waals surface area contributed by atoms with Crippen LogP contribution < -0.4 is 48.3 Å². The van der Waals surface area contributed by atoms with Gasteiger partial charge in [0, 0.05) is 86.6 Å². The van der Waals surface area contributed by atoms with E-state index in [9.17, 15) is 97.1 Å². The van der Waals surface area contributed by atoms with Crippen LogP contribution >= 0.6 is 21.6 Å². The highest BCUT2D eigenvalue weighted by atomic mass is 33.1.